The summed E-state index contributed by atoms with van der Waals surface area (Å²) in [6.07, 6.45) is 1.04. The average Bonchev–Trinajstić information content (AvgIpc) is 2.92. The summed E-state index contributed by atoms with van der Waals surface area (Å²) in [6.45, 7) is 3.64. The van der Waals surface area contributed by atoms with Crippen molar-refractivity contribution >= 4 is 11.4 Å². The van der Waals surface area contributed by atoms with Gasteiger partial charge in [0, 0.05) is 50.6 Å². The second kappa shape index (κ2) is 7.24. The van der Waals surface area contributed by atoms with Crippen LogP contribution in [0.4, 0.5) is 11.4 Å². The van der Waals surface area contributed by atoms with Gasteiger partial charge in [0.1, 0.15) is 0 Å². The molecule has 1 N–H and O–H groups in total. The minimum Gasteiger partial charge on any atom is -0.490 e. The minimum absolute atomic E-state index is 0.0174. The van der Waals surface area contributed by atoms with Crippen molar-refractivity contribution in [3.8, 4) is 5.75 Å². The molecule has 0 aromatic heterocycles. The maximum absolute atomic E-state index is 10.9. The molecule has 1 aromatic carbocycles. The third-order valence-electron chi connectivity index (χ3n) is 3.63. The van der Waals surface area contributed by atoms with Gasteiger partial charge in [0.25, 0.3) is 0 Å². The van der Waals surface area contributed by atoms with Crippen LogP contribution >= 0.6 is 0 Å². The highest BCUT2D eigenvalue weighted by Gasteiger charge is 2.22. The number of nitrogens with one attached hydrogen (secondary N) is 1. The number of nitro benzene ring substituents is 1. The first-order valence-corrected chi connectivity index (χ1v) is 6.94. The molecule has 0 radical (unpaired) electrons. The van der Waals surface area contributed by atoms with Crippen molar-refractivity contribution in [1.29, 1.82) is 0 Å². The van der Waals surface area contributed by atoms with E-state index in [1.807, 2.05) is 0 Å². The van der Waals surface area contributed by atoms with Gasteiger partial charge in [-0.25, -0.2) is 0 Å². The van der Waals surface area contributed by atoms with E-state index in [1.54, 1.807) is 19.2 Å². The Morgan fingerprint density at radius 2 is 2.29 bits per heavy atom. The van der Waals surface area contributed by atoms with Crippen molar-refractivity contribution in [3.05, 3.63) is 28.3 Å². The highest BCUT2D eigenvalue weighted by Crippen LogP contribution is 2.30. The van der Waals surface area contributed by atoms with Crippen LogP contribution in [0.5, 0.6) is 5.75 Å². The first-order valence-electron chi connectivity index (χ1n) is 6.94. The van der Waals surface area contributed by atoms with Gasteiger partial charge in [-0.1, -0.05) is 0 Å². The molecule has 1 heterocycles. The second-order valence-corrected chi connectivity index (χ2v) is 5.07. The molecule has 1 aromatic rings. The highest BCUT2D eigenvalue weighted by molar-refractivity contribution is 5.58. The van der Waals surface area contributed by atoms with Gasteiger partial charge in [-0.05, 0) is 12.5 Å². The lowest BCUT2D eigenvalue weighted by Gasteiger charge is -2.17. The molecule has 2 rings (SSSR count). The molecule has 116 valence electrons. The van der Waals surface area contributed by atoms with Crippen LogP contribution in [-0.2, 0) is 4.74 Å². The van der Waals surface area contributed by atoms with Crippen LogP contribution in [0.2, 0.25) is 0 Å². The quantitative estimate of drug-likeness (QED) is 0.610. The number of benzene rings is 1. The van der Waals surface area contributed by atoms with Crippen molar-refractivity contribution in [3.63, 3.8) is 0 Å². The molecule has 1 atom stereocenters. The third kappa shape index (κ3) is 4.05. The largest absolute Gasteiger partial charge is 0.490 e. The monoisotopic (exact) mass is 295 g/mol. The van der Waals surface area contributed by atoms with Crippen molar-refractivity contribution in [1.82, 2.24) is 4.90 Å². The zero-order valence-electron chi connectivity index (χ0n) is 12.4. The van der Waals surface area contributed by atoms with Gasteiger partial charge >= 0.3 is 5.69 Å². The SMILES string of the molecule is COCCN1CCC(Nc2ccc([N+](=O)[O-])c(OC)c2)C1. The van der Waals surface area contributed by atoms with Gasteiger partial charge < -0.3 is 14.8 Å². The van der Waals surface area contributed by atoms with Crippen LogP contribution in [0.15, 0.2) is 18.2 Å². The molecule has 1 aliphatic heterocycles. The smallest absolute Gasteiger partial charge is 0.311 e. The zero-order valence-corrected chi connectivity index (χ0v) is 12.4. The first-order chi connectivity index (χ1) is 10.1. The Kier molecular flexibility index (Phi) is 5.35. The maximum atomic E-state index is 10.9. The summed E-state index contributed by atoms with van der Waals surface area (Å²) in [6, 6.07) is 5.21. The normalized spacial score (nSPS) is 18.7. The number of rotatable bonds is 7. The van der Waals surface area contributed by atoms with Crippen molar-refractivity contribution in [2.45, 2.75) is 12.5 Å². The van der Waals surface area contributed by atoms with Crippen LogP contribution in [0.1, 0.15) is 6.42 Å². The van der Waals surface area contributed by atoms with Crippen LogP contribution in [0.3, 0.4) is 0 Å². The van der Waals surface area contributed by atoms with Gasteiger partial charge in [-0.15, -0.1) is 0 Å². The zero-order chi connectivity index (χ0) is 15.2. The van der Waals surface area contributed by atoms with E-state index < -0.39 is 4.92 Å². The molecular formula is C14H21N3O4. The standard InChI is InChI=1S/C14H21N3O4/c1-20-8-7-16-6-5-12(10-16)15-11-3-4-13(17(18)19)14(9-11)21-2/h3-4,9,12,15H,5-8,10H2,1-2H3. The molecule has 0 spiro atoms. The Balaban J connectivity index is 1.96. The number of nitro groups is 1. The number of nitrogens with zero attached hydrogens (tertiary/aromatic N) is 2. The fourth-order valence-electron chi connectivity index (χ4n) is 2.53. The van der Waals surface area contributed by atoms with Gasteiger partial charge in [0.15, 0.2) is 5.75 Å². The van der Waals surface area contributed by atoms with E-state index in [1.165, 1.54) is 13.2 Å². The van der Waals surface area contributed by atoms with E-state index in [0.717, 1.165) is 38.3 Å². The Morgan fingerprint density at radius 1 is 1.48 bits per heavy atom. The lowest BCUT2D eigenvalue weighted by molar-refractivity contribution is -0.385. The summed E-state index contributed by atoms with van der Waals surface area (Å²) in [4.78, 5) is 12.8. The van der Waals surface area contributed by atoms with Gasteiger partial charge in [-0.3, -0.25) is 15.0 Å². The minimum atomic E-state index is -0.440. The predicted octanol–water partition coefficient (Wildman–Crippen LogP) is 1.74. The van der Waals surface area contributed by atoms with Crippen LogP contribution in [-0.4, -0.2) is 56.3 Å². The Hall–Kier alpha value is -1.86. The van der Waals surface area contributed by atoms with E-state index in [-0.39, 0.29) is 11.4 Å². The molecule has 1 unspecified atom stereocenters. The summed E-state index contributed by atoms with van der Waals surface area (Å²) in [5, 5.41) is 14.3. The number of likely N-dealkylation sites (tertiary alicyclic amines) is 1. The number of hydrogen-bond donors (Lipinski definition) is 1. The van der Waals surface area contributed by atoms with Gasteiger partial charge in [-0.2, -0.15) is 0 Å². The molecule has 7 heteroatoms. The molecule has 1 saturated heterocycles. The van der Waals surface area contributed by atoms with Crippen molar-refractivity contribution in [2.75, 3.05) is 45.8 Å². The van der Waals surface area contributed by atoms with Gasteiger partial charge in [0.05, 0.1) is 18.6 Å². The Morgan fingerprint density at radius 3 is 2.95 bits per heavy atom. The fraction of sp³-hybridized carbons (Fsp3) is 0.571. The molecule has 7 nitrogen and oxygen atoms in total. The van der Waals surface area contributed by atoms with E-state index in [9.17, 15) is 10.1 Å². The number of anilines is 1. The van der Waals surface area contributed by atoms with E-state index in [2.05, 4.69) is 10.2 Å². The summed E-state index contributed by atoms with van der Waals surface area (Å²) in [7, 11) is 3.14. The molecular weight excluding hydrogens is 274 g/mol. The number of methoxy groups -OCH3 is 2. The van der Waals surface area contributed by atoms with Crippen molar-refractivity contribution in [2.24, 2.45) is 0 Å². The molecule has 0 saturated carbocycles. The third-order valence-corrected chi connectivity index (χ3v) is 3.63. The molecule has 1 fully saturated rings. The summed E-state index contributed by atoms with van der Waals surface area (Å²) in [5.41, 5.74) is 0.826. The topological polar surface area (TPSA) is 76.9 Å². The lowest BCUT2D eigenvalue weighted by Crippen LogP contribution is -2.28. The van der Waals surface area contributed by atoms with E-state index in [0.29, 0.717) is 6.04 Å². The summed E-state index contributed by atoms with van der Waals surface area (Å²) < 4.78 is 10.2. The molecule has 0 amide bonds. The van der Waals surface area contributed by atoms with Crippen molar-refractivity contribution < 1.29 is 14.4 Å². The Bertz CT molecular complexity index is 495. The van der Waals surface area contributed by atoms with E-state index in [4.69, 9.17) is 9.47 Å². The van der Waals surface area contributed by atoms with Crippen LogP contribution in [0.25, 0.3) is 0 Å². The van der Waals surface area contributed by atoms with Gasteiger partial charge in [0.2, 0.25) is 0 Å². The molecule has 0 aliphatic carbocycles. The number of hydrogen-bond acceptors (Lipinski definition) is 6. The molecule has 1 aliphatic rings. The molecule has 0 bridgehead atoms. The summed E-state index contributed by atoms with van der Waals surface area (Å²) in [5.74, 6) is 0.277. The molecule has 21 heavy (non-hydrogen) atoms. The lowest BCUT2D eigenvalue weighted by atomic mass is 10.2. The van der Waals surface area contributed by atoms with Crippen LogP contribution in [0, 0.1) is 10.1 Å². The first kappa shape index (κ1) is 15.5. The van der Waals surface area contributed by atoms with Crippen LogP contribution < -0.4 is 10.1 Å². The Labute approximate surface area is 124 Å². The second-order valence-electron chi connectivity index (χ2n) is 5.07. The average molecular weight is 295 g/mol. The maximum Gasteiger partial charge on any atom is 0.311 e. The fourth-order valence-corrected chi connectivity index (χ4v) is 2.53. The number of ether oxygens (including phenoxy) is 2. The highest BCUT2D eigenvalue weighted by atomic mass is 16.6. The summed E-state index contributed by atoms with van der Waals surface area (Å²) >= 11 is 0. The predicted molar refractivity (Wildman–Crippen MR) is 80.0 cm³/mol. The van der Waals surface area contributed by atoms with E-state index >= 15 is 0 Å².